The van der Waals surface area contributed by atoms with E-state index in [4.69, 9.17) is 0 Å². The molecule has 0 aliphatic carbocycles. The molecule has 0 saturated heterocycles. The van der Waals surface area contributed by atoms with Gasteiger partial charge in [0.2, 0.25) is 0 Å². The van der Waals surface area contributed by atoms with Gasteiger partial charge in [-0.25, -0.2) is 0 Å². The molecule has 0 radical (unpaired) electrons. The van der Waals surface area contributed by atoms with Crippen molar-refractivity contribution in [3.05, 3.63) is 35.4 Å². The molecule has 0 aliphatic heterocycles. The number of hydrogen-bond acceptors (Lipinski definition) is 2. The summed E-state index contributed by atoms with van der Waals surface area (Å²) in [5.74, 6) is 0.785. The molecule has 0 heterocycles. The zero-order chi connectivity index (χ0) is 12.0. The quantitative estimate of drug-likeness (QED) is 0.813. The highest BCUT2D eigenvalue weighted by molar-refractivity contribution is 7.99. The standard InChI is InChI=1S/C14H22OS/c1-4-6-12-7-5-8-13(9-12)14(15)10-16-11(2)3/h5,7-9,11,14-15H,4,6,10H2,1-3H3. The zero-order valence-corrected chi connectivity index (χ0v) is 11.3. The van der Waals surface area contributed by atoms with Crippen molar-refractivity contribution >= 4 is 11.8 Å². The molecule has 1 atom stereocenters. The maximum absolute atomic E-state index is 10.0. The Balaban J connectivity index is 2.60. The fraction of sp³-hybridized carbons (Fsp3) is 0.571. The van der Waals surface area contributed by atoms with Gasteiger partial charge in [-0.05, 0) is 22.8 Å². The Labute approximate surface area is 103 Å². The van der Waals surface area contributed by atoms with Crippen LogP contribution in [0.15, 0.2) is 24.3 Å². The SMILES string of the molecule is CCCc1cccc(C(O)CSC(C)C)c1. The van der Waals surface area contributed by atoms with Crippen LogP contribution in [0.2, 0.25) is 0 Å². The number of rotatable bonds is 6. The molecule has 1 nitrogen and oxygen atoms in total. The van der Waals surface area contributed by atoms with E-state index < -0.39 is 0 Å². The number of aliphatic hydroxyl groups is 1. The summed E-state index contributed by atoms with van der Waals surface area (Å²) in [4.78, 5) is 0. The van der Waals surface area contributed by atoms with E-state index in [1.165, 1.54) is 5.56 Å². The lowest BCUT2D eigenvalue weighted by Crippen LogP contribution is -2.03. The first-order valence-electron chi connectivity index (χ1n) is 6.02. The van der Waals surface area contributed by atoms with Crippen LogP contribution in [0.4, 0.5) is 0 Å². The van der Waals surface area contributed by atoms with E-state index in [2.05, 4.69) is 32.9 Å². The number of thioether (sulfide) groups is 1. The lowest BCUT2D eigenvalue weighted by atomic mass is 10.0. The summed E-state index contributed by atoms with van der Waals surface area (Å²) in [6.45, 7) is 6.49. The Morgan fingerprint density at radius 1 is 1.31 bits per heavy atom. The molecule has 0 amide bonds. The van der Waals surface area contributed by atoms with E-state index >= 15 is 0 Å². The van der Waals surface area contributed by atoms with Crippen molar-refractivity contribution in [2.45, 2.75) is 45.0 Å². The Hall–Kier alpha value is -0.470. The summed E-state index contributed by atoms with van der Waals surface area (Å²) >= 11 is 1.80. The highest BCUT2D eigenvalue weighted by atomic mass is 32.2. The van der Waals surface area contributed by atoms with Crippen molar-refractivity contribution in [2.24, 2.45) is 0 Å². The first-order chi connectivity index (χ1) is 7.63. The molecule has 0 aliphatic rings. The molecule has 16 heavy (non-hydrogen) atoms. The Morgan fingerprint density at radius 2 is 2.06 bits per heavy atom. The van der Waals surface area contributed by atoms with Crippen LogP contribution < -0.4 is 0 Å². The number of hydrogen-bond donors (Lipinski definition) is 1. The second-order valence-corrected chi connectivity index (χ2v) is 6.00. The summed E-state index contributed by atoms with van der Waals surface area (Å²) in [7, 11) is 0. The van der Waals surface area contributed by atoms with Crippen molar-refractivity contribution in [3.63, 3.8) is 0 Å². The largest absolute Gasteiger partial charge is 0.388 e. The van der Waals surface area contributed by atoms with Crippen molar-refractivity contribution < 1.29 is 5.11 Å². The maximum atomic E-state index is 10.0. The molecule has 90 valence electrons. The lowest BCUT2D eigenvalue weighted by molar-refractivity contribution is 0.204. The van der Waals surface area contributed by atoms with Crippen LogP contribution in [0.5, 0.6) is 0 Å². The van der Waals surface area contributed by atoms with Gasteiger partial charge in [0.1, 0.15) is 0 Å². The molecule has 0 bridgehead atoms. The highest BCUT2D eigenvalue weighted by Gasteiger charge is 2.08. The Kier molecular flexibility index (Phi) is 5.93. The van der Waals surface area contributed by atoms with Gasteiger partial charge >= 0.3 is 0 Å². The molecule has 1 rings (SSSR count). The van der Waals surface area contributed by atoms with Crippen molar-refractivity contribution in [1.29, 1.82) is 0 Å². The average Bonchev–Trinajstić information content (AvgIpc) is 2.26. The van der Waals surface area contributed by atoms with Crippen LogP contribution in [0, 0.1) is 0 Å². The molecule has 1 N–H and O–H groups in total. The Morgan fingerprint density at radius 3 is 2.69 bits per heavy atom. The van der Waals surface area contributed by atoms with Crippen LogP contribution in [0.25, 0.3) is 0 Å². The summed E-state index contributed by atoms with van der Waals surface area (Å²) < 4.78 is 0. The Bertz CT molecular complexity index is 309. The van der Waals surface area contributed by atoms with Gasteiger partial charge in [0.05, 0.1) is 6.10 Å². The fourth-order valence-corrected chi connectivity index (χ4v) is 2.38. The fourth-order valence-electron chi connectivity index (χ4n) is 1.62. The lowest BCUT2D eigenvalue weighted by Gasteiger charge is -2.13. The van der Waals surface area contributed by atoms with E-state index in [0.717, 1.165) is 24.2 Å². The summed E-state index contributed by atoms with van der Waals surface area (Å²) in [5, 5.41) is 10.6. The van der Waals surface area contributed by atoms with Crippen molar-refractivity contribution in [2.75, 3.05) is 5.75 Å². The van der Waals surface area contributed by atoms with Gasteiger partial charge in [0.15, 0.2) is 0 Å². The normalized spacial score (nSPS) is 13.1. The third kappa shape index (κ3) is 4.58. The monoisotopic (exact) mass is 238 g/mol. The zero-order valence-electron chi connectivity index (χ0n) is 10.4. The molecular weight excluding hydrogens is 216 g/mol. The molecule has 2 heteroatoms. The first-order valence-corrected chi connectivity index (χ1v) is 7.06. The molecule has 0 saturated carbocycles. The van der Waals surface area contributed by atoms with Gasteiger partial charge in [-0.15, -0.1) is 0 Å². The minimum absolute atomic E-state index is 0.329. The third-order valence-corrected chi connectivity index (χ3v) is 3.64. The predicted molar refractivity (Wildman–Crippen MR) is 73.0 cm³/mol. The minimum Gasteiger partial charge on any atom is -0.388 e. The number of aryl methyl sites for hydroxylation is 1. The third-order valence-electron chi connectivity index (χ3n) is 2.46. The highest BCUT2D eigenvalue weighted by Crippen LogP contribution is 2.22. The van der Waals surface area contributed by atoms with Gasteiger partial charge < -0.3 is 5.11 Å². The molecule has 1 aromatic rings. The summed E-state index contributed by atoms with van der Waals surface area (Å²) in [6, 6.07) is 8.33. The van der Waals surface area contributed by atoms with E-state index in [9.17, 15) is 5.11 Å². The van der Waals surface area contributed by atoms with Crippen LogP contribution in [-0.4, -0.2) is 16.1 Å². The van der Waals surface area contributed by atoms with Crippen molar-refractivity contribution in [1.82, 2.24) is 0 Å². The van der Waals surface area contributed by atoms with Gasteiger partial charge in [0.25, 0.3) is 0 Å². The number of aliphatic hydroxyl groups excluding tert-OH is 1. The van der Waals surface area contributed by atoms with Crippen LogP contribution in [0.3, 0.4) is 0 Å². The van der Waals surface area contributed by atoms with Gasteiger partial charge in [0, 0.05) is 5.75 Å². The van der Waals surface area contributed by atoms with E-state index in [1.807, 2.05) is 12.1 Å². The first kappa shape index (κ1) is 13.6. The topological polar surface area (TPSA) is 20.2 Å². The van der Waals surface area contributed by atoms with Gasteiger partial charge in [-0.3, -0.25) is 0 Å². The second-order valence-electron chi connectivity index (χ2n) is 4.39. The summed E-state index contributed by atoms with van der Waals surface area (Å²) in [6.07, 6.45) is 1.92. The number of benzene rings is 1. The van der Waals surface area contributed by atoms with E-state index in [1.54, 1.807) is 11.8 Å². The van der Waals surface area contributed by atoms with Crippen LogP contribution in [0.1, 0.15) is 44.4 Å². The van der Waals surface area contributed by atoms with Crippen LogP contribution in [-0.2, 0) is 6.42 Å². The molecular formula is C14H22OS. The maximum Gasteiger partial charge on any atom is 0.0880 e. The minimum atomic E-state index is -0.329. The molecule has 0 aromatic heterocycles. The molecule has 0 fully saturated rings. The average molecular weight is 238 g/mol. The van der Waals surface area contributed by atoms with E-state index in [0.29, 0.717) is 5.25 Å². The van der Waals surface area contributed by atoms with Gasteiger partial charge in [-0.1, -0.05) is 51.5 Å². The summed E-state index contributed by atoms with van der Waals surface area (Å²) in [5.41, 5.74) is 2.38. The van der Waals surface area contributed by atoms with Crippen molar-refractivity contribution in [3.8, 4) is 0 Å². The molecule has 1 unspecified atom stereocenters. The smallest absolute Gasteiger partial charge is 0.0880 e. The van der Waals surface area contributed by atoms with E-state index in [-0.39, 0.29) is 6.10 Å². The second kappa shape index (κ2) is 6.97. The predicted octanol–water partition coefficient (Wildman–Crippen LogP) is 3.81. The van der Waals surface area contributed by atoms with Gasteiger partial charge in [-0.2, -0.15) is 11.8 Å². The van der Waals surface area contributed by atoms with Crippen LogP contribution >= 0.6 is 11.8 Å². The molecule has 0 spiro atoms. The molecule has 1 aromatic carbocycles.